The highest BCUT2D eigenvalue weighted by atomic mass is 35.5. The summed E-state index contributed by atoms with van der Waals surface area (Å²) in [7, 11) is -2.75. The van der Waals surface area contributed by atoms with Crippen LogP contribution >= 0.6 is 11.6 Å². The van der Waals surface area contributed by atoms with Gasteiger partial charge >= 0.3 is 12.0 Å². The summed E-state index contributed by atoms with van der Waals surface area (Å²) in [5.74, 6) is -1.72. The molecule has 0 heterocycles. The first kappa shape index (κ1) is 30.4. The first-order valence-corrected chi connectivity index (χ1v) is 13.9. The molecule has 0 spiro atoms. The van der Waals surface area contributed by atoms with Crippen LogP contribution in [0, 0.1) is 6.92 Å². The highest BCUT2D eigenvalue weighted by Crippen LogP contribution is 2.31. The number of sulfonamides is 1. The number of hydrogen-bond acceptors (Lipinski definition) is 6. The lowest BCUT2D eigenvalue weighted by atomic mass is 10.1. The molecule has 0 saturated carbocycles. The third-order valence-electron chi connectivity index (χ3n) is 5.75. The van der Waals surface area contributed by atoms with Crippen LogP contribution in [0.25, 0.3) is 0 Å². The highest BCUT2D eigenvalue weighted by molar-refractivity contribution is 7.92. The number of methoxy groups -OCH3 is 1. The fourth-order valence-electron chi connectivity index (χ4n) is 3.65. The van der Waals surface area contributed by atoms with Gasteiger partial charge in [0, 0.05) is 30.9 Å². The zero-order valence-corrected chi connectivity index (χ0v) is 23.4. The molecule has 0 fully saturated rings. The molecule has 0 aliphatic carbocycles. The maximum Gasteiger partial charge on any atom is 0.335 e. The van der Waals surface area contributed by atoms with Gasteiger partial charge in [-0.1, -0.05) is 29.8 Å². The van der Waals surface area contributed by atoms with Crippen molar-refractivity contribution in [3.8, 4) is 0 Å². The number of nitrogens with zero attached hydrogens (tertiary/aromatic N) is 1. The van der Waals surface area contributed by atoms with Crippen LogP contribution in [-0.4, -0.2) is 58.2 Å². The number of urea groups is 1. The molecule has 0 unspecified atom stereocenters. The van der Waals surface area contributed by atoms with E-state index in [1.54, 1.807) is 37.3 Å². The number of amides is 3. The minimum Gasteiger partial charge on any atom is -0.478 e. The molecule has 0 aliphatic rings. The zero-order valence-electron chi connectivity index (χ0n) is 21.8. The standard InChI is InChI=1S/C27H29ClN4O7S/c1-18-23(28)7-4-8-24(18)32(17-25(33)30-16-19-5-3-6-20(15-19)26(34)35)40(37,38)22-11-9-21(10-12-22)31-27(36)29-13-14-39-2/h3-12,15H,13-14,16-17H2,1-2H3,(H,30,33)(H,34,35)(H2,29,31,36). The number of carboxylic acids is 1. The number of carboxylic acid groups (broad SMARTS) is 1. The topological polar surface area (TPSA) is 154 Å². The van der Waals surface area contributed by atoms with Crippen LogP contribution in [0.5, 0.6) is 0 Å². The van der Waals surface area contributed by atoms with E-state index >= 15 is 0 Å². The van der Waals surface area contributed by atoms with Gasteiger partial charge in [0.25, 0.3) is 10.0 Å². The van der Waals surface area contributed by atoms with Gasteiger partial charge in [-0.3, -0.25) is 9.10 Å². The fraction of sp³-hybridized carbons (Fsp3) is 0.222. The van der Waals surface area contributed by atoms with Crippen molar-refractivity contribution in [3.63, 3.8) is 0 Å². The van der Waals surface area contributed by atoms with E-state index in [-0.39, 0.29) is 22.7 Å². The Balaban J connectivity index is 1.82. The van der Waals surface area contributed by atoms with Gasteiger partial charge < -0.3 is 25.8 Å². The van der Waals surface area contributed by atoms with Crippen LogP contribution in [-0.2, 0) is 26.1 Å². The molecule has 212 valence electrons. The Morgan fingerprint density at radius 1 is 1.00 bits per heavy atom. The van der Waals surface area contributed by atoms with Crippen LogP contribution < -0.4 is 20.3 Å². The maximum absolute atomic E-state index is 13.8. The number of hydrogen-bond donors (Lipinski definition) is 4. The minimum atomic E-state index is -4.26. The molecule has 3 amide bonds. The number of anilines is 2. The molecule has 4 N–H and O–H groups in total. The fourth-order valence-corrected chi connectivity index (χ4v) is 5.29. The minimum absolute atomic E-state index is 0.00478. The second-order valence-electron chi connectivity index (χ2n) is 8.58. The van der Waals surface area contributed by atoms with Crippen molar-refractivity contribution in [2.75, 3.05) is 36.4 Å². The van der Waals surface area contributed by atoms with Gasteiger partial charge in [-0.05, 0) is 66.6 Å². The Hall–Kier alpha value is -4.13. The number of aromatic carboxylic acids is 1. The third kappa shape index (κ3) is 7.94. The van der Waals surface area contributed by atoms with Gasteiger partial charge in [-0.2, -0.15) is 0 Å². The molecule has 0 radical (unpaired) electrons. The van der Waals surface area contributed by atoms with Crippen LogP contribution in [0.1, 0.15) is 21.5 Å². The molecular weight excluding hydrogens is 560 g/mol. The molecule has 40 heavy (non-hydrogen) atoms. The molecule has 3 aromatic rings. The van der Waals surface area contributed by atoms with Crippen molar-refractivity contribution < 1.29 is 32.6 Å². The van der Waals surface area contributed by atoms with E-state index < -0.39 is 34.5 Å². The van der Waals surface area contributed by atoms with Crippen molar-refractivity contribution in [2.45, 2.75) is 18.4 Å². The number of halogens is 1. The maximum atomic E-state index is 13.8. The zero-order chi connectivity index (χ0) is 29.3. The number of carbonyl (C=O) groups is 3. The van der Waals surface area contributed by atoms with Crippen molar-refractivity contribution in [1.82, 2.24) is 10.6 Å². The smallest absolute Gasteiger partial charge is 0.335 e. The van der Waals surface area contributed by atoms with E-state index in [0.717, 1.165) is 4.31 Å². The predicted octanol–water partition coefficient (Wildman–Crippen LogP) is 3.63. The summed E-state index contributed by atoms with van der Waals surface area (Å²) in [6.45, 7) is 1.71. The SMILES string of the molecule is COCCNC(=O)Nc1ccc(S(=O)(=O)N(CC(=O)NCc2cccc(C(=O)O)c2)c2cccc(Cl)c2C)cc1. The summed E-state index contributed by atoms with van der Waals surface area (Å²) in [6, 6.07) is 15.8. The Morgan fingerprint density at radius 2 is 1.70 bits per heavy atom. The molecule has 0 bridgehead atoms. The molecule has 0 saturated heterocycles. The van der Waals surface area contributed by atoms with E-state index in [9.17, 15) is 27.9 Å². The lowest BCUT2D eigenvalue weighted by Crippen LogP contribution is -2.41. The predicted molar refractivity (Wildman–Crippen MR) is 151 cm³/mol. The second kappa shape index (κ2) is 13.8. The van der Waals surface area contributed by atoms with Gasteiger partial charge in [0.05, 0.1) is 22.8 Å². The average Bonchev–Trinajstić information content (AvgIpc) is 2.93. The second-order valence-corrected chi connectivity index (χ2v) is 10.8. The normalized spacial score (nSPS) is 11.0. The number of rotatable bonds is 12. The van der Waals surface area contributed by atoms with Gasteiger partial charge in [0.15, 0.2) is 0 Å². The van der Waals surface area contributed by atoms with Gasteiger partial charge in [0.2, 0.25) is 5.91 Å². The Morgan fingerprint density at radius 3 is 2.38 bits per heavy atom. The summed E-state index contributed by atoms with van der Waals surface area (Å²) in [6.07, 6.45) is 0. The summed E-state index contributed by atoms with van der Waals surface area (Å²) >= 11 is 6.26. The number of ether oxygens (including phenoxy) is 1. The molecule has 3 aromatic carbocycles. The third-order valence-corrected chi connectivity index (χ3v) is 7.93. The van der Waals surface area contributed by atoms with Crippen molar-refractivity contribution in [3.05, 3.63) is 88.4 Å². The average molecular weight is 589 g/mol. The first-order valence-electron chi connectivity index (χ1n) is 12.0. The molecule has 11 nitrogen and oxygen atoms in total. The summed E-state index contributed by atoms with van der Waals surface area (Å²) in [5, 5.41) is 17.3. The first-order chi connectivity index (χ1) is 19.0. The van der Waals surface area contributed by atoms with Crippen molar-refractivity contribution in [1.29, 1.82) is 0 Å². The Bertz CT molecular complexity index is 1480. The molecule has 13 heteroatoms. The number of nitrogens with one attached hydrogen (secondary N) is 3. The van der Waals surface area contributed by atoms with Crippen LogP contribution in [0.3, 0.4) is 0 Å². The Kier molecular flexibility index (Phi) is 10.5. The van der Waals surface area contributed by atoms with Gasteiger partial charge in [-0.15, -0.1) is 0 Å². The van der Waals surface area contributed by atoms with Gasteiger partial charge in [-0.25, -0.2) is 18.0 Å². The largest absolute Gasteiger partial charge is 0.478 e. The van der Waals surface area contributed by atoms with E-state index in [1.807, 2.05) is 0 Å². The van der Waals surface area contributed by atoms with E-state index in [2.05, 4.69) is 16.0 Å². The molecule has 3 rings (SSSR count). The monoisotopic (exact) mass is 588 g/mol. The van der Waals surface area contributed by atoms with Crippen molar-refractivity contribution in [2.24, 2.45) is 0 Å². The highest BCUT2D eigenvalue weighted by Gasteiger charge is 2.29. The molecule has 0 atom stereocenters. The number of carbonyl (C=O) groups excluding carboxylic acids is 2. The summed E-state index contributed by atoms with van der Waals surface area (Å²) < 4.78 is 33.3. The summed E-state index contributed by atoms with van der Waals surface area (Å²) in [5.41, 5.74) is 1.64. The Labute approximate surface area is 237 Å². The van der Waals surface area contributed by atoms with E-state index in [4.69, 9.17) is 16.3 Å². The van der Waals surface area contributed by atoms with E-state index in [0.29, 0.717) is 35.0 Å². The van der Waals surface area contributed by atoms with Crippen molar-refractivity contribution >= 4 is 50.9 Å². The van der Waals surface area contributed by atoms with Crippen LogP contribution in [0.2, 0.25) is 5.02 Å². The van der Waals surface area contributed by atoms with Crippen LogP contribution in [0.4, 0.5) is 16.2 Å². The number of benzene rings is 3. The molecule has 0 aromatic heterocycles. The van der Waals surface area contributed by atoms with Crippen LogP contribution in [0.15, 0.2) is 71.6 Å². The quantitative estimate of drug-likeness (QED) is 0.236. The summed E-state index contributed by atoms with van der Waals surface area (Å²) in [4.78, 5) is 36.0. The molecule has 0 aliphatic heterocycles. The van der Waals surface area contributed by atoms with Gasteiger partial charge in [0.1, 0.15) is 6.54 Å². The lowest BCUT2D eigenvalue weighted by molar-refractivity contribution is -0.119. The lowest BCUT2D eigenvalue weighted by Gasteiger charge is -2.26. The van der Waals surface area contributed by atoms with E-state index in [1.165, 1.54) is 43.5 Å². The molecular formula is C27H29ClN4O7S.